The summed E-state index contributed by atoms with van der Waals surface area (Å²) >= 11 is 3.62. The Bertz CT molecular complexity index is 590. The minimum atomic E-state index is -0.0860. The van der Waals surface area contributed by atoms with Crippen molar-refractivity contribution in [3.8, 4) is 0 Å². The van der Waals surface area contributed by atoms with Gasteiger partial charge in [0.15, 0.2) is 0 Å². The van der Waals surface area contributed by atoms with E-state index in [9.17, 15) is 0 Å². The van der Waals surface area contributed by atoms with Crippen molar-refractivity contribution in [1.82, 2.24) is 0 Å². The van der Waals surface area contributed by atoms with Gasteiger partial charge >= 0.3 is 0 Å². The predicted molar refractivity (Wildman–Crippen MR) is 89.9 cm³/mol. The molecule has 0 amide bonds. The maximum atomic E-state index is 6.44. The van der Waals surface area contributed by atoms with Gasteiger partial charge in [0.05, 0.1) is 6.04 Å². The molecular formula is C18H22BrN. The Hall–Kier alpha value is -1.12. The van der Waals surface area contributed by atoms with E-state index in [0.717, 1.165) is 16.5 Å². The minimum absolute atomic E-state index is 0.0860. The first-order valence-electron chi connectivity index (χ1n) is 7.08. The molecule has 0 aromatic heterocycles. The highest BCUT2D eigenvalue weighted by Crippen LogP contribution is 2.28. The van der Waals surface area contributed by atoms with E-state index >= 15 is 0 Å². The predicted octanol–water partition coefficient (Wildman–Crippen LogP) is 5.00. The van der Waals surface area contributed by atoms with Crippen LogP contribution in [0.25, 0.3) is 0 Å². The lowest BCUT2D eigenvalue weighted by atomic mass is 9.95. The largest absolute Gasteiger partial charge is 0.320 e. The van der Waals surface area contributed by atoms with Gasteiger partial charge in [-0.25, -0.2) is 0 Å². The Balaban J connectivity index is 2.30. The molecule has 0 saturated heterocycles. The summed E-state index contributed by atoms with van der Waals surface area (Å²) in [6.45, 7) is 6.57. The van der Waals surface area contributed by atoms with E-state index in [2.05, 4.69) is 79.2 Å². The minimum Gasteiger partial charge on any atom is -0.320 e. The zero-order valence-electron chi connectivity index (χ0n) is 12.4. The first-order chi connectivity index (χ1) is 9.47. The van der Waals surface area contributed by atoms with Crippen molar-refractivity contribution in [2.24, 2.45) is 11.7 Å². The molecule has 2 heteroatoms. The second kappa shape index (κ2) is 6.55. The summed E-state index contributed by atoms with van der Waals surface area (Å²) in [6, 6.07) is 14.9. The highest BCUT2D eigenvalue weighted by Gasteiger charge is 2.13. The lowest BCUT2D eigenvalue weighted by Crippen LogP contribution is -2.13. The fourth-order valence-corrected chi connectivity index (χ4v) is 3.19. The molecule has 2 rings (SSSR count). The van der Waals surface area contributed by atoms with Crippen LogP contribution in [0.15, 0.2) is 46.9 Å². The molecule has 2 aromatic carbocycles. The number of rotatable bonds is 4. The topological polar surface area (TPSA) is 26.0 Å². The van der Waals surface area contributed by atoms with Crippen LogP contribution in [0.4, 0.5) is 0 Å². The van der Waals surface area contributed by atoms with Crippen LogP contribution in [0.3, 0.4) is 0 Å². The van der Waals surface area contributed by atoms with Crippen molar-refractivity contribution in [1.29, 1.82) is 0 Å². The zero-order chi connectivity index (χ0) is 14.7. The third-order valence-corrected chi connectivity index (χ3v) is 4.13. The number of nitrogens with two attached hydrogens (primary N) is 1. The van der Waals surface area contributed by atoms with E-state index in [4.69, 9.17) is 5.73 Å². The van der Waals surface area contributed by atoms with E-state index < -0.39 is 0 Å². The fraction of sp³-hybridized carbons (Fsp3) is 0.333. The molecule has 0 spiro atoms. The summed E-state index contributed by atoms with van der Waals surface area (Å²) in [5.41, 5.74) is 11.3. The Morgan fingerprint density at radius 1 is 1.10 bits per heavy atom. The third-order valence-electron chi connectivity index (χ3n) is 3.45. The van der Waals surface area contributed by atoms with Crippen molar-refractivity contribution in [2.75, 3.05) is 0 Å². The molecule has 106 valence electrons. The van der Waals surface area contributed by atoms with Gasteiger partial charge in [0.2, 0.25) is 0 Å². The quantitative estimate of drug-likeness (QED) is 0.837. The lowest BCUT2D eigenvalue weighted by molar-refractivity contribution is 0.646. The summed E-state index contributed by atoms with van der Waals surface area (Å²) in [5.74, 6) is 0.660. The maximum absolute atomic E-state index is 6.44. The molecule has 0 fully saturated rings. The molecule has 1 unspecified atom stereocenters. The smallest absolute Gasteiger partial charge is 0.0562 e. The van der Waals surface area contributed by atoms with Gasteiger partial charge in [-0.15, -0.1) is 0 Å². The first-order valence-corrected chi connectivity index (χ1v) is 7.87. The van der Waals surface area contributed by atoms with Gasteiger partial charge in [-0.3, -0.25) is 0 Å². The normalized spacial score (nSPS) is 12.7. The van der Waals surface area contributed by atoms with Gasteiger partial charge in [-0.2, -0.15) is 0 Å². The molecule has 1 nitrogen and oxygen atoms in total. The van der Waals surface area contributed by atoms with Crippen LogP contribution in [-0.4, -0.2) is 0 Å². The Morgan fingerprint density at radius 3 is 2.50 bits per heavy atom. The molecule has 0 aliphatic rings. The van der Waals surface area contributed by atoms with Crippen LogP contribution >= 0.6 is 15.9 Å². The number of halogens is 1. The van der Waals surface area contributed by atoms with Crippen LogP contribution in [0.1, 0.15) is 42.1 Å². The highest BCUT2D eigenvalue weighted by molar-refractivity contribution is 9.10. The summed E-state index contributed by atoms with van der Waals surface area (Å²) in [5, 5.41) is 0. The average molecular weight is 332 g/mol. The van der Waals surface area contributed by atoms with Gasteiger partial charge in [0.25, 0.3) is 0 Å². The number of aryl methyl sites for hydroxylation is 1. The summed E-state index contributed by atoms with van der Waals surface area (Å²) in [7, 11) is 0. The summed E-state index contributed by atoms with van der Waals surface area (Å²) in [6.07, 6.45) is 1.09. The number of benzene rings is 2. The SMILES string of the molecule is Cc1ccc(C(N)c2cccc(CC(C)C)c2)c(Br)c1. The number of hydrogen-bond donors (Lipinski definition) is 1. The van der Waals surface area contributed by atoms with Gasteiger partial charge in [-0.05, 0) is 47.6 Å². The first kappa shape index (κ1) is 15.3. The van der Waals surface area contributed by atoms with E-state index in [1.807, 2.05) is 0 Å². The van der Waals surface area contributed by atoms with Crippen molar-refractivity contribution in [3.63, 3.8) is 0 Å². The van der Waals surface area contributed by atoms with Crippen LogP contribution < -0.4 is 5.73 Å². The highest BCUT2D eigenvalue weighted by atomic mass is 79.9. The van der Waals surface area contributed by atoms with Gasteiger partial charge in [-0.1, -0.05) is 66.2 Å². The maximum Gasteiger partial charge on any atom is 0.0562 e. The van der Waals surface area contributed by atoms with Gasteiger partial charge in [0, 0.05) is 4.47 Å². The van der Waals surface area contributed by atoms with E-state index in [0.29, 0.717) is 5.92 Å². The summed E-state index contributed by atoms with van der Waals surface area (Å²) in [4.78, 5) is 0. The standard InChI is InChI=1S/C18H22BrN/c1-12(2)9-14-5-4-6-15(11-14)18(20)16-8-7-13(3)10-17(16)19/h4-8,10-12,18H,9,20H2,1-3H3. The van der Waals surface area contributed by atoms with E-state index in [1.165, 1.54) is 16.7 Å². The molecule has 1 atom stereocenters. The molecule has 0 heterocycles. The summed E-state index contributed by atoms with van der Waals surface area (Å²) < 4.78 is 1.08. The third kappa shape index (κ3) is 3.71. The molecule has 2 N–H and O–H groups in total. The van der Waals surface area contributed by atoms with Crippen molar-refractivity contribution in [2.45, 2.75) is 33.2 Å². The van der Waals surface area contributed by atoms with E-state index in [1.54, 1.807) is 0 Å². The molecule has 0 aliphatic carbocycles. The lowest BCUT2D eigenvalue weighted by Gasteiger charge is -2.16. The van der Waals surface area contributed by atoms with E-state index in [-0.39, 0.29) is 6.04 Å². The second-order valence-corrected chi connectivity index (χ2v) is 6.70. The molecule has 0 bridgehead atoms. The van der Waals surface area contributed by atoms with Crippen molar-refractivity contribution < 1.29 is 0 Å². The zero-order valence-corrected chi connectivity index (χ0v) is 13.9. The van der Waals surface area contributed by atoms with Crippen LogP contribution in [0.2, 0.25) is 0 Å². The van der Waals surface area contributed by atoms with Crippen molar-refractivity contribution >= 4 is 15.9 Å². The van der Waals surface area contributed by atoms with Gasteiger partial charge < -0.3 is 5.73 Å². The average Bonchev–Trinajstić information content (AvgIpc) is 2.37. The molecular weight excluding hydrogens is 310 g/mol. The molecule has 2 aromatic rings. The van der Waals surface area contributed by atoms with Gasteiger partial charge in [0.1, 0.15) is 0 Å². The monoisotopic (exact) mass is 331 g/mol. The molecule has 0 radical (unpaired) electrons. The second-order valence-electron chi connectivity index (χ2n) is 5.85. The Morgan fingerprint density at radius 2 is 1.85 bits per heavy atom. The van der Waals surface area contributed by atoms with Crippen LogP contribution in [0, 0.1) is 12.8 Å². The Labute approximate surface area is 130 Å². The van der Waals surface area contributed by atoms with Crippen molar-refractivity contribution in [3.05, 3.63) is 69.2 Å². The molecule has 20 heavy (non-hydrogen) atoms. The van der Waals surface area contributed by atoms with Crippen LogP contribution in [-0.2, 0) is 6.42 Å². The van der Waals surface area contributed by atoms with Crippen LogP contribution in [0.5, 0.6) is 0 Å². The molecule has 0 aliphatic heterocycles. The number of hydrogen-bond acceptors (Lipinski definition) is 1. The fourth-order valence-electron chi connectivity index (χ4n) is 2.45. The molecule has 0 saturated carbocycles. The Kier molecular flexibility index (Phi) is 5.00.